The van der Waals surface area contributed by atoms with Gasteiger partial charge in [0.05, 0.1) is 49.3 Å². The first-order chi connectivity index (χ1) is 35.8. The van der Waals surface area contributed by atoms with E-state index in [0.29, 0.717) is 41.5 Å². The number of fused-ring (bicyclic) bond motifs is 2. The van der Waals surface area contributed by atoms with Crippen LogP contribution < -0.4 is 37.4 Å². The number of rotatable bonds is 10. The molecule has 0 unspecified atom stereocenters. The van der Waals surface area contributed by atoms with Crippen molar-refractivity contribution < 1.29 is 28.4 Å². The minimum Gasteiger partial charge on any atom is -0.423 e. The van der Waals surface area contributed by atoms with Gasteiger partial charge in [0.2, 0.25) is 0 Å². The van der Waals surface area contributed by atoms with Crippen molar-refractivity contribution in [2.45, 2.75) is 88.6 Å². The second-order valence-corrected chi connectivity index (χ2v) is 20.4. The highest BCUT2D eigenvalue weighted by atomic mass is 79.9. The normalized spacial score (nSPS) is 17.2. The van der Waals surface area contributed by atoms with Crippen LogP contribution in [0.15, 0.2) is 112 Å². The quantitative estimate of drug-likeness (QED) is 0.0952. The van der Waals surface area contributed by atoms with Gasteiger partial charge in [-0.25, -0.2) is 18.7 Å². The van der Waals surface area contributed by atoms with Crippen molar-refractivity contribution in [3.8, 4) is 11.1 Å². The van der Waals surface area contributed by atoms with Gasteiger partial charge in [-0.05, 0) is 123 Å². The lowest BCUT2D eigenvalue weighted by atomic mass is 9.79. The fourth-order valence-corrected chi connectivity index (χ4v) is 9.57. The first-order valence-corrected chi connectivity index (χ1v) is 25.9. The topological polar surface area (TPSA) is 233 Å². The van der Waals surface area contributed by atoms with Crippen molar-refractivity contribution >= 4 is 63.4 Å². The van der Waals surface area contributed by atoms with E-state index in [1.54, 1.807) is 24.7 Å². The second kappa shape index (κ2) is 22.3. The van der Waals surface area contributed by atoms with Gasteiger partial charge in [-0.3, -0.25) is 29.5 Å². The summed E-state index contributed by atoms with van der Waals surface area (Å²) in [7, 11) is -1.91. The van der Waals surface area contributed by atoms with Gasteiger partial charge in [-0.2, -0.15) is 0 Å². The van der Waals surface area contributed by atoms with E-state index in [4.69, 9.17) is 36.5 Å². The van der Waals surface area contributed by atoms with Gasteiger partial charge in [0.1, 0.15) is 34.7 Å². The molecule has 6 aliphatic rings. The fourth-order valence-electron chi connectivity index (χ4n) is 9.21. The van der Waals surface area contributed by atoms with Crippen molar-refractivity contribution in [1.29, 1.82) is 0 Å². The molecule has 0 bridgehead atoms. The van der Waals surface area contributed by atoms with Crippen LogP contribution in [0.3, 0.4) is 0 Å². The highest BCUT2D eigenvalue weighted by Crippen LogP contribution is 2.32. The van der Waals surface area contributed by atoms with E-state index in [1.807, 2.05) is 24.4 Å². The summed E-state index contributed by atoms with van der Waals surface area (Å²) in [6.45, 7) is 4.85. The number of aliphatic imine (C=N–C) groups is 2. The zero-order valence-electron chi connectivity index (χ0n) is 40.6. The van der Waals surface area contributed by atoms with Gasteiger partial charge in [0.25, 0.3) is 11.8 Å². The van der Waals surface area contributed by atoms with Crippen molar-refractivity contribution in [2.75, 3.05) is 36.0 Å². The molecule has 74 heavy (non-hydrogen) atoms. The number of carbonyl (C=O) groups is 2. The highest BCUT2D eigenvalue weighted by molar-refractivity contribution is 9.10. The zero-order valence-corrected chi connectivity index (χ0v) is 42.2. The lowest BCUT2D eigenvalue weighted by Crippen LogP contribution is -2.40. The van der Waals surface area contributed by atoms with Crippen LogP contribution in [0.1, 0.15) is 106 Å². The summed E-state index contributed by atoms with van der Waals surface area (Å²) in [5.41, 5.74) is 21.1. The Morgan fingerprint density at radius 1 is 0.595 bits per heavy atom. The van der Waals surface area contributed by atoms with E-state index in [9.17, 15) is 18.4 Å². The summed E-state index contributed by atoms with van der Waals surface area (Å²) < 4.78 is 29.0. The average Bonchev–Trinajstić information content (AvgIpc) is 4.33. The van der Waals surface area contributed by atoms with Crippen LogP contribution in [0.2, 0.25) is 0 Å². The molecule has 2 amide bonds. The number of hydrogen-bond donors (Lipinski definition) is 6. The third-order valence-electron chi connectivity index (χ3n) is 13.9. The fraction of sp³-hybridized carbons (Fsp3) is 0.333. The monoisotopic (exact) mass is 1060 g/mol. The molecule has 4 aliphatic heterocycles. The van der Waals surface area contributed by atoms with Gasteiger partial charge >= 0.3 is 7.12 Å². The van der Waals surface area contributed by atoms with Crippen LogP contribution in [0.25, 0.3) is 11.1 Å². The maximum absolute atomic E-state index is 14.9. The molecule has 8 N–H and O–H groups in total. The van der Waals surface area contributed by atoms with E-state index in [0.717, 1.165) is 140 Å². The number of nitrogens with zero attached hydrogens (tertiary/aromatic N) is 8. The van der Waals surface area contributed by atoms with Crippen molar-refractivity contribution in [3.05, 3.63) is 158 Å². The standard InChI is InChI=1S/C27H27FN6O.C17H18BrN5.C10H11BFNO3/c28-23-6-3-17(27(35)32-20-4-5-20)12-21(23)16-1-2-18-13-31-26(22(18)11-16)24-14-30-15-25(33-24)34-9-7-19(29)8-10-34;18-12-2-1-11-8-21-17(14(11)7-12)15-9-20-10-16(22-15)23-5-3-13(19)4-6-23;12-9-4-1-6(5-8(9)11(15)16)10(14)13-7-2-3-7/h1-3,6,11-12,14-15,19-20H,4-5,7-10,13,29H2,(H,32,35);1-2,7,9-10,13H,3-6,8,19H2;1,4-5,7,15-16H,2-3H2,(H,13,14). The number of nitrogens with two attached hydrogens (primary N) is 2. The number of piperidine rings is 2. The number of hydrogen-bond acceptors (Lipinski definition) is 14. The molecule has 2 aromatic heterocycles. The molecule has 6 aromatic rings. The van der Waals surface area contributed by atoms with E-state index >= 15 is 0 Å². The summed E-state index contributed by atoms with van der Waals surface area (Å²) >= 11 is 3.54. The summed E-state index contributed by atoms with van der Waals surface area (Å²) in [5, 5.41) is 23.5. The molecular weight excluding hydrogens is 1010 g/mol. The Bertz CT molecular complexity index is 3140. The Kier molecular flexibility index (Phi) is 15.3. The number of halogens is 3. The van der Waals surface area contributed by atoms with Gasteiger partial charge in [0, 0.05) is 88.1 Å². The Balaban J connectivity index is 0.000000138. The maximum atomic E-state index is 14.9. The number of anilines is 2. The molecule has 2 saturated carbocycles. The number of aromatic nitrogens is 4. The predicted molar refractivity (Wildman–Crippen MR) is 285 cm³/mol. The molecule has 0 atom stereocenters. The van der Waals surface area contributed by atoms with Gasteiger partial charge in [0.15, 0.2) is 0 Å². The Morgan fingerprint density at radius 2 is 1.08 bits per heavy atom. The Morgan fingerprint density at radius 3 is 1.59 bits per heavy atom. The largest absolute Gasteiger partial charge is 0.491 e. The number of carbonyl (C=O) groups excluding carboxylic acids is 2. The molecule has 16 nitrogen and oxygen atoms in total. The van der Waals surface area contributed by atoms with Crippen LogP contribution in [-0.2, 0) is 13.1 Å². The molecule has 12 rings (SSSR count). The number of benzene rings is 4. The lowest BCUT2D eigenvalue weighted by Gasteiger charge is -2.30. The summed E-state index contributed by atoms with van der Waals surface area (Å²) in [5.74, 6) is 0.155. The number of amides is 2. The first kappa shape index (κ1) is 50.7. The molecule has 2 aliphatic carbocycles. The van der Waals surface area contributed by atoms with Crippen LogP contribution in [0, 0.1) is 11.6 Å². The minimum atomic E-state index is -1.91. The van der Waals surface area contributed by atoms with Gasteiger partial charge in [-0.1, -0.05) is 34.1 Å². The minimum absolute atomic E-state index is 0.164. The molecule has 0 radical (unpaired) electrons. The Hall–Kier alpha value is -6.84. The SMILES string of the molecule is NC1CCN(c2cncc(C3=NCc4ccc(-c5cc(C(=O)NC6CC6)ccc5F)cc43)n2)CC1.NC1CCN(c2cncc(C3=NCc4ccc(Br)cc43)n2)CC1.O=C(NC1CC1)c1ccc(F)c(B(O)O)c1. The van der Waals surface area contributed by atoms with Crippen LogP contribution in [-0.4, -0.2) is 111 Å². The third-order valence-corrected chi connectivity index (χ3v) is 14.4. The Labute approximate surface area is 436 Å². The molecule has 4 aromatic carbocycles. The van der Waals surface area contributed by atoms with E-state index in [1.165, 1.54) is 23.8 Å². The first-order valence-electron chi connectivity index (χ1n) is 25.1. The van der Waals surface area contributed by atoms with Crippen molar-refractivity contribution in [3.63, 3.8) is 0 Å². The summed E-state index contributed by atoms with van der Waals surface area (Å²) in [6.07, 6.45) is 14.9. The van der Waals surface area contributed by atoms with E-state index < -0.39 is 12.9 Å². The van der Waals surface area contributed by atoms with Crippen LogP contribution >= 0.6 is 15.9 Å². The summed E-state index contributed by atoms with van der Waals surface area (Å²) in [4.78, 5) is 56.5. The molecular formula is C54H56BBrF2N12O4. The van der Waals surface area contributed by atoms with E-state index in [2.05, 4.69) is 69.5 Å². The van der Waals surface area contributed by atoms with Crippen LogP contribution in [0.5, 0.6) is 0 Å². The van der Waals surface area contributed by atoms with Crippen molar-refractivity contribution in [1.82, 2.24) is 30.6 Å². The maximum Gasteiger partial charge on any atom is 0.491 e. The summed E-state index contributed by atoms with van der Waals surface area (Å²) in [6, 6.07) is 21.1. The third kappa shape index (κ3) is 12.1. The highest BCUT2D eigenvalue weighted by Gasteiger charge is 2.28. The second-order valence-electron chi connectivity index (χ2n) is 19.5. The van der Waals surface area contributed by atoms with Gasteiger partial charge < -0.3 is 41.9 Å². The zero-order chi connectivity index (χ0) is 51.5. The van der Waals surface area contributed by atoms with Crippen molar-refractivity contribution in [2.24, 2.45) is 21.5 Å². The van der Waals surface area contributed by atoms with Crippen LogP contribution in [0.4, 0.5) is 20.4 Å². The molecule has 0 spiro atoms. The predicted octanol–water partition coefficient (Wildman–Crippen LogP) is 5.37. The molecule has 4 fully saturated rings. The molecule has 2 saturated heterocycles. The molecule has 380 valence electrons. The smallest absolute Gasteiger partial charge is 0.423 e. The number of nitrogens with one attached hydrogen (secondary N) is 2. The van der Waals surface area contributed by atoms with E-state index in [-0.39, 0.29) is 46.8 Å². The lowest BCUT2D eigenvalue weighted by molar-refractivity contribution is 0.0942. The molecule has 20 heteroatoms. The van der Waals surface area contributed by atoms with Gasteiger partial charge in [-0.15, -0.1) is 0 Å². The molecule has 6 heterocycles. The average molecular weight is 1070 g/mol.